The van der Waals surface area contributed by atoms with Crippen molar-refractivity contribution in [3.8, 4) is 0 Å². The zero-order chi connectivity index (χ0) is 17.4. The van der Waals surface area contributed by atoms with Gasteiger partial charge in [-0.15, -0.1) is 0 Å². The number of benzene rings is 1. The first kappa shape index (κ1) is 17.0. The van der Waals surface area contributed by atoms with Crippen LogP contribution in [0.5, 0.6) is 0 Å². The molecule has 4 nitrogen and oxygen atoms in total. The number of nitrogens with zero attached hydrogens (tertiary/aromatic N) is 1. The number of hydrogen-bond donors (Lipinski definition) is 1. The number of aliphatic hydroxyl groups is 1. The first-order chi connectivity index (χ1) is 11.4. The van der Waals surface area contributed by atoms with Crippen molar-refractivity contribution >= 4 is 23.3 Å². The quantitative estimate of drug-likeness (QED) is 0.887. The third-order valence-electron chi connectivity index (χ3n) is 4.94. The van der Waals surface area contributed by atoms with Crippen LogP contribution in [-0.2, 0) is 9.59 Å². The van der Waals surface area contributed by atoms with Gasteiger partial charge in [0.2, 0.25) is 0 Å². The molecule has 1 aromatic rings. The molecule has 1 saturated carbocycles. The molecule has 1 aliphatic carbocycles. The van der Waals surface area contributed by atoms with E-state index in [1.54, 1.807) is 30.9 Å². The molecular weight excluding hydrogens is 326 g/mol. The Labute approximate surface area is 147 Å². The van der Waals surface area contributed by atoms with Crippen LogP contribution in [0.2, 0.25) is 5.02 Å². The summed E-state index contributed by atoms with van der Waals surface area (Å²) >= 11 is 5.98. The molecule has 0 aromatic heterocycles. The highest BCUT2D eigenvalue weighted by Gasteiger charge is 2.47. The van der Waals surface area contributed by atoms with Gasteiger partial charge in [-0.25, -0.2) is 0 Å². The Kier molecular flexibility index (Phi) is 4.68. The van der Waals surface area contributed by atoms with Crippen LogP contribution in [0.1, 0.15) is 51.1 Å². The lowest BCUT2D eigenvalue weighted by Gasteiger charge is -2.32. The molecule has 1 unspecified atom stereocenters. The van der Waals surface area contributed by atoms with Crippen molar-refractivity contribution in [2.24, 2.45) is 5.92 Å². The molecule has 0 spiro atoms. The van der Waals surface area contributed by atoms with Gasteiger partial charge >= 0.3 is 0 Å². The normalized spacial score (nSPS) is 22.1. The van der Waals surface area contributed by atoms with E-state index in [1.165, 1.54) is 0 Å². The molecule has 1 amide bonds. The summed E-state index contributed by atoms with van der Waals surface area (Å²) in [7, 11) is 0. The van der Waals surface area contributed by atoms with E-state index in [0.717, 1.165) is 31.2 Å². The molecule has 1 fully saturated rings. The number of carbonyl (C=O) groups excluding carboxylic acids is 2. The van der Waals surface area contributed by atoms with E-state index in [0.29, 0.717) is 5.02 Å². The van der Waals surface area contributed by atoms with Crippen LogP contribution in [-0.4, -0.2) is 27.7 Å². The van der Waals surface area contributed by atoms with E-state index in [9.17, 15) is 14.7 Å². The van der Waals surface area contributed by atoms with Gasteiger partial charge in [-0.3, -0.25) is 9.59 Å². The Hall–Kier alpha value is -1.81. The zero-order valence-electron chi connectivity index (χ0n) is 14.0. The fraction of sp³-hybridized carbons (Fsp3) is 0.474. The second-order valence-corrected chi connectivity index (χ2v) is 7.32. The van der Waals surface area contributed by atoms with Gasteiger partial charge in [0, 0.05) is 17.0 Å². The van der Waals surface area contributed by atoms with E-state index >= 15 is 0 Å². The fourth-order valence-corrected chi connectivity index (χ4v) is 3.84. The summed E-state index contributed by atoms with van der Waals surface area (Å²) in [6.07, 6.45) is 3.95. The van der Waals surface area contributed by atoms with Crippen molar-refractivity contribution < 1.29 is 14.7 Å². The molecule has 0 saturated heterocycles. The van der Waals surface area contributed by atoms with Gasteiger partial charge < -0.3 is 10.0 Å². The molecule has 1 aromatic carbocycles. The van der Waals surface area contributed by atoms with Crippen molar-refractivity contribution in [2.75, 3.05) is 0 Å². The lowest BCUT2D eigenvalue weighted by atomic mass is 9.91. The minimum atomic E-state index is -0.521. The Balaban J connectivity index is 2.09. The van der Waals surface area contributed by atoms with Crippen molar-refractivity contribution in [3.05, 3.63) is 46.2 Å². The number of aliphatic hydroxyl groups excluding tert-OH is 1. The van der Waals surface area contributed by atoms with Crippen LogP contribution in [0.25, 0.3) is 0 Å². The van der Waals surface area contributed by atoms with Crippen molar-refractivity contribution in [1.29, 1.82) is 0 Å². The van der Waals surface area contributed by atoms with Gasteiger partial charge in [0.25, 0.3) is 5.91 Å². The number of Topliss-reactive ketones (excluding diaryl/α,β-unsaturated/α-hetero) is 1. The standard InChI is InChI=1S/C19H22ClNO3/c1-11(2)17(22)15-16(12-7-9-13(20)10-8-12)21(19(24)18(15)23)14-5-3-4-6-14/h7-11,14,16,23H,3-6H2,1-2H3. The third-order valence-corrected chi connectivity index (χ3v) is 5.19. The molecule has 2 aliphatic rings. The monoisotopic (exact) mass is 347 g/mol. The summed E-state index contributed by atoms with van der Waals surface area (Å²) in [6, 6.07) is 6.70. The largest absolute Gasteiger partial charge is 0.503 e. The average molecular weight is 348 g/mol. The molecule has 1 aliphatic heterocycles. The Morgan fingerprint density at radius 3 is 2.33 bits per heavy atom. The van der Waals surface area contributed by atoms with Gasteiger partial charge in [-0.05, 0) is 30.5 Å². The van der Waals surface area contributed by atoms with Crippen LogP contribution in [0.15, 0.2) is 35.6 Å². The highest BCUT2D eigenvalue weighted by atomic mass is 35.5. The maximum Gasteiger partial charge on any atom is 0.290 e. The summed E-state index contributed by atoms with van der Waals surface area (Å²) in [4.78, 5) is 27.1. The minimum absolute atomic E-state index is 0.0674. The topological polar surface area (TPSA) is 57.6 Å². The molecule has 0 bridgehead atoms. The predicted molar refractivity (Wildman–Crippen MR) is 92.8 cm³/mol. The van der Waals surface area contributed by atoms with E-state index in [-0.39, 0.29) is 29.1 Å². The lowest BCUT2D eigenvalue weighted by Crippen LogP contribution is -2.38. The summed E-state index contributed by atoms with van der Waals surface area (Å²) in [5.41, 5.74) is 1.04. The number of hydrogen-bond acceptors (Lipinski definition) is 3. The van der Waals surface area contributed by atoms with E-state index in [2.05, 4.69) is 0 Å². The summed E-state index contributed by atoms with van der Waals surface area (Å²) in [6.45, 7) is 3.56. The Bertz CT molecular complexity index is 687. The third kappa shape index (κ3) is 2.84. The van der Waals surface area contributed by atoms with Crippen LogP contribution in [0.4, 0.5) is 0 Å². The van der Waals surface area contributed by atoms with Crippen LogP contribution >= 0.6 is 11.6 Å². The minimum Gasteiger partial charge on any atom is -0.503 e. The molecule has 3 rings (SSSR count). The highest BCUT2D eigenvalue weighted by Crippen LogP contribution is 2.43. The zero-order valence-corrected chi connectivity index (χ0v) is 14.7. The smallest absolute Gasteiger partial charge is 0.290 e. The van der Waals surface area contributed by atoms with Gasteiger partial charge in [-0.2, -0.15) is 0 Å². The summed E-state index contributed by atoms with van der Waals surface area (Å²) in [5, 5.41) is 11.0. The van der Waals surface area contributed by atoms with E-state index in [4.69, 9.17) is 11.6 Å². The molecule has 1 heterocycles. The van der Waals surface area contributed by atoms with Crippen molar-refractivity contribution in [1.82, 2.24) is 4.90 Å². The average Bonchev–Trinajstić information content (AvgIpc) is 3.15. The number of carbonyl (C=O) groups is 2. The van der Waals surface area contributed by atoms with Crippen LogP contribution in [0.3, 0.4) is 0 Å². The highest BCUT2D eigenvalue weighted by molar-refractivity contribution is 6.30. The van der Waals surface area contributed by atoms with Crippen molar-refractivity contribution in [2.45, 2.75) is 51.6 Å². The Morgan fingerprint density at radius 2 is 1.79 bits per heavy atom. The maximum atomic E-state index is 12.7. The molecule has 0 radical (unpaired) electrons. The molecule has 24 heavy (non-hydrogen) atoms. The summed E-state index contributed by atoms with van der Waals surface area (Å²) < 4.78 is 0. The lowest BCUT2D eigenvalue weighted by molar-refractivity contribution is -0.131. The molecule has 1 N–H and O–H groups in total. The summed E-state index contributed by atoms with van der Waals surface area (Å²) in [5.74, 6) is -1.28. The molecule has 1 atom stereocenters. The Morgan fingerprint density at radius 1 is 1.21 bits per heavy atom. The fourth-order valence-electron chi connectivity index (χ4n) is 3.72. The first-order valence-electron chi connectivity index (χ1n) is 8.47. The number of amides is 1. The van der Waals surface area contributed by atoms with E-state index < -0.39 is 11.9 Å². The predicted octanol–water partition coefficient (Wildman–Crippen LogP) is 4.20. The van der Waals surface area contributed by atoms with Crippen molar-refractivity contribution in [3.63, 3.8) is 0 Å². The molecule has 5 heteroatoms. The number of halogens is 1. The van der Waals surface area contributed by atoms with E-state index in [1.807, 2.05) is 12.1 Å². The maximum absolute atomic E-state index is 12.7. The molecule has 128 valence electrons. The second kappa shape index (κ2) is 6.60. The second-order valence-electron chi connectivity index (χ2n) is 6.89. The van der Waals surface area contributed by atoms with Gasteiger partial charge in [0.1, 0.15) is 0 Å². The van der Waals surface area contributed by atoms with Gasteiger partial charge in [0.15, 0.2) is 11.5 Å². The van der Waals surface area contributed by atoms with Gasteiger partial charge in [0.05, 0.1) is 11.6 Å². The SMILES string of the molecule is CC(C)C(=O)C1=C(O)C(=O)N(C2CCCC2)C1c1ccc(Cl)cc1. The number of ketones is 1. The number of rotatable bonds is 4. The molecular formula is C19H22ClNO3. The first-order valence-corrected chi connectivity index (χ1v) is 8.85. The van der Waals surface area contributed by atoms with Gasteiger partial charge in [-0.1, -0.05) is 50.4 Å². The van der Waals surface area contributed by atoms with Crippen LogP contribution in [0, 0.1) is 5.92 Å². The van der Waals surface area contributed by atoms with Crippen LogP contribution < -0.4 is 0 Å².